The summed E-state index contributed by atoms with van der Waals surface area (Å²) in [5.74, 6) is -1.05. The van der Waals surface area contributed by atoms with Crippen LogP contribution in [0.1, 0.15) is 38.8 Å². The van der Waals surface area contributed by atoms with Gasteiger partial charge in [-0.25, -0.2) is 4.79 Å². The number of thiophene rings is 1. The second-order valence-electron chi connectivity index (χ2n) is 5.33. The third-order valence-electron chi connectivity index (χ3n) is 3.62. The maximum atomic E-state index is 12.3. The summed E-state index contributed by atoms with van der Waals surface area (Å²) in [6.45, 7) is 3.45. The number of ketones is 1. The molecule has 0 amide bonds. The van der Waals surface area contributed by atoms with Gasteiger partial charge in [0, 0.05) is 10.9 Å². The van der Waals surface area contributed by atoms with Gasteiger partial charge in [0.25, 0.3) is 5.69 Å². The number of esters is 1. The average Bonchev–Trinajstić information content (AvgIpc) is 3.15. The molecule has 9 heteroatoms. The number of aryl methyl sites for hydroxylation is 1. The van der Waals surface area contributed by atoms with E-state index in [4.69, 9.17) is 14.2 Å². The van der Waals surface area contributed by atoms with Crippen LogP contribution in [0.4, 0.5) is 5.69 Å². The van der Waals surface area contributed by atoms with Crippen LogP contribution < -0.4 is 9.47 Å². The average molecular weight is 393 g/mol. The number of Topliss-reactive ketones (excluding diaryl/α,β-unsaturated/α-hetero) is 1. The summed E-state index contributed by atoms with van der Waals surface area (Å²) in [5, 5.41) is 11.3. The summed E-state index contributed by atoms with van der Waals surface area (Å²) in [4.78, 5) is 36.6. The number of methoxy groups -OCH3 is 1. The van der Waals surface area contributed by atoms with Gasteiger partial charge in [-0.15, -0.1) is 11.3 Å². The Morgan fingerprint density at radius 2 is 1.93 bits per heavy atom. The standard InChI is InChI=1S/C18H19NO7S/c1-4-11-6-7-17(27-11)14(20)10-26-18(21)12-8-15(24-3)16(25-5-2)9-13(12)19(22)23/h6-9H,4-5,10H2,1-3H3. The molecule has 27 heavy (non-hydrogen) atoms. The molecule has 1 heterocycles. The fourth-order valence-electron chi connectivity index (χ4n) is 2.29. The van der Waals surface area contributed by atoms with Gasteiger partial charge in [0.1, 0.15) is 5.56 Å². The molecule has 0 saturated carbocycles. The molecule has 2 rings (SSSR count). The normalized spacial score (nSPS) is 10.3. The molecule has 0 spiro atoms. The highest BCUT2D eigenvalue weighted by atomic mass is 32.1. The molecule has 0 aliphatic heterocycles. The van der Waals surface area contributed by atoms with Crippen LogP contribution >= 0.6 is 11.3 Å². The van der Waals surface area contributed by atoms with Gasteiger partial charge in [0.2, 0.25) is 5.78 Å². The molecule has 0 fully saturated rings. The first-order valence-corrected chi connectivity index (χ1v) is 9.01. The van der Waals surface area contributed by atoms with Crippen molar-refractivity contribution in [1.29, 1.82) is 0 Å². The Bertz CT molecular complexity index is 859. The Labute approximate surface area is 159 Å². The lowest BCUT2D eigenvalue weighted by Gasteiger charge is -2.11. The monoisotopic (exact) mass is 393 g/mol. The molecule has 0 aliphatic rings. The lowest BCUT2D eigenvalue weighted by molar-refractivity contribution is -0.385. The predicted octanol–water partition coefficient (Wildman–Crippen LogP) is 3.67. The summed E-state index contributed by atoms with van der Waals surface area (Å²) in [5.41, 5.74) is -0.797. The smallest absolute Gasteiger partial charge is 0.345 e. The predicted molar refractivity (Wildman–Crippen MR) is 99.1 cm³/mol. The van der Waals surface area contributed by atoms with Crippen molar-refractivity contribution in [3.63, 3.8) is 0 Å². The number of nitrogens with zero attached hydrogens (tertiary/aromatic N) is 1. The third kappa shape index (κ3) is 4.82. The Morgan fingerprint density at radius 3 is 2.48 bits per heavy atom. The van der Waals surface area contributed by atoms with Crippen LogP contribution in [0.3, 0.4) is 0 Å². The summed E-state index contributed by atoms with van der Waals surface area (Å²) in [6.07, 6.45) is 0.801. The van der Waals surface area contributed by atoms with Crippen molar-refractivity contribution in [2.24, 2.45) is 0 Å². The van der Waals surface area contributed by atoms with Crippen molar-refractivity contribution in [2.75, 3.05) is 20.3 Å². The maximum Gasteiger partial charge on any atom is 0.345 e. The number of nitro groups is 1. The molecule has 0 radical (unpaired) electrons. The number of ether oxygens (including phenoxy) is 3. The zero-order valence-corrected chi connectivity index (χ0v) is 16.0. The molecule has 0 atom stereocenters. The molecule has 8 nitrogen and oxygen atoms in total. The van der Waals surface area contributed by atoms with E-state index in [1.165, 1.54) is 24.5 Å². The highest BCUT2D eigenvalue weighted by Gasteiger charge is 2.26. The second-order valence-corrected chi connectivity index (χ2v) is 6.50. The molecule has 0 aliphatic carbocycles. The molecular formula is C18H19NO7S. The van der Waals surface area contributed by atoms with E-state index in [2.05, 4.69) is 0 Å². The summed E-state index contributed by atoms with van der Waals surface area (Å²) in [6, 6.07) is 5.79. The molecule has 2 aromatic rings. The van der Waals surface area contributed by atoms with E-state index in [0.717, 1.165) is 17.4 Å². The quantitative estimate of drug-likeness (QED) is 0.277. The summed E-state index contributed by atoms with van der Waals surface area (Å²) < 4.78 is 15.4. The lowest BCUT2D eigenvalue weighted by atomic mass is 10.1. The van der Waals surface area contributed by atoms with E-state index in [-0.39, 0.29) is 29.5 Å². The number of benzene rings is 1. The molecule has 1 aromatic heterocycles. The van der Waals surface area contributed by atoms with Crippen LogP contribution in [0.15, 0.2) is 24.3 Å². The van der Waals surface area contributed by atoms with E-state index in [0.29, 0.717) is 4.88 Å². The minimum Gasteiger partial charge on any atom is -0.493 e. The van der Waals surface area contributed by atoms with Gasteiger partial charge in [-0.3, -0.25) is 14.9 Å². The number of hydrogen-bond acceptors (Lipinski definition) is 8. The Balaban J connectivity index is 2.21. The molecule has 144 valence electrons. The molecule has 0 saturated heterocycles. The van der Waals surface area contributed by atoms with E-state index in [9.17, 15) is 19.7 Å². The number of rotatable bonds is 9. The van der Waals surface area contributed by atoms with Crippen molar-refractivity contribution in [3.05, 3.63) is 49.7 Å². The van der Waals surface area contributed by atoms with Gasteiger partial charge >= 0.3 is 5.97 Å². The van der Waals surface area contributed by atoms with Crippen molar-refractivity contribution in [3.8, 4) is 11.5 Å². The van der Waals surface area contributed by atoms with Crippen LogP contribution in [0.2, 0.25) is 0 Å². The number of carbonyl (C=O) groups excluding carboxylic acids is 2. The first-order chi connectivity index (χ1) is 12.9. The summed E-state index contributed by atoms with van der Waals surface area (Å²) in [7, 11) is 1.35. The molecule has 1 aromatic carbocycles. The Morgan fingerprint density at radius 1 is 1.19 bits per heavy atom. The van der Waals surface area contributed by atoms with Gasteiger partial charge in [-0.1, -0.05) is 6.92 Å². The van der Waals surface area contributed by atoms with Crippen LogP contribution in [-0.2, 0) is 11.2 Å². The summed E-state index contributed by atoms with van der Waals surface area (Å²) >= 11 is 1.32. The largest absolute Gasteiger partial charge is 0.493 e. The minimum absolute atomic E-state index is 0.144. The number of hydrogen-bond donors (Lipinski definition) is 0. The van der Waals surface area contributed by atoms with E-state index in [1.807, 2.05) is 13.0 Å². The fraction of sp³-hybridized carbons (Fsp3) is 0.333. The van der Waals surface area contributed by atoms with Crippen LogP contribution in [0.25, 0.3) is 0 Å². The number of carbonyl (C=O) groups is 2. The van der Waals surface area contributed by atoms with Crippen molar-refractivity contribution in [1.82, 2.24) is 0 Å². The van der Waals surface area contributed by atoms with Crippen LogP contribution in [0, 0.1) is 10.1 Å². The van der Waals surface area contributed by atoms with Gasteiger partial charge in [0.05, 0.1) is 29.6 Å². The molecule has 0 bridgehead atoms. The fourth-order valence-corrected chi connectivity index (χ4v) is 3.16. The minimum atomic E-state index is -0.983. The maximum absolute atomic E-state index is 12.3. The second kappa shape index (κ2) is 9.13. The zero-order valence-electron chi connectivity index (χ0n) is 15.1. The van der Waals surface area contributed by atoms with Crippen molar-refractivity contribution in [2.45, 2.75) is 20.3 Å². The Hall–Kier alpha value is -2.94. The van der Waals surface area contributed by atoms with Gasteiger partial charge in [0.15, 0.2) is 18.1 Å². The van der Waals surface area contributed by atoms with Gasteiger partial charge in [-0.2, -0.15) is 0 Å². The highest BCUT2D eigenvalue weighted by molar-refractivity contribution is 7.14. The highest BCUT2D eigenvalue weighted by Crippen LogP contribution is 2.35. The zero-order chi connectivity index (χ0) is 20.0. The first kappa shape index (κ1) is 20.4. The van der Waals surface area contributed by atoms with E-state index < -0.39 is 23.2 Å². The topological polar surface area (TPSA) is 105 Å². The van der Waals surface area contributed by atoms with Gasteiger partial charge in [-0.05, 0) is 25.5 Å². The van der Waals surface area contributed by atoms with Gasteiger partial charge < -0.3 is 14.2 Å². The van der Waals surface area contributed by atoms with Crippen molar-refractivity contribution < 1.29 is 28.7 Å². The van der Waals surface area contributed by atoms with E-state index in [1.54, 1.807) is 13.0 Å². The van der Waals surface area contributed by atoms with Crippen molar-refractivity contribution >= 4 is 28.8 Å². The first-order valence-electron chi connectivity index (χ1n) is 8.19. The molecule has 0 N–H and O–H groups in total. The SMILES string of the molecule is CCOc1cc([N+](=O)[O-])c(C(=O)OCC(=O)c2ccc(CC)s2)cc1OC. The third-order valence-corrected chi connectivity index (χ3v) is 4.89. The van der Waals surface area contributed by atoms with Crippen LogP contribution in [-0.4, -0.2) is 37.0 Å². The molecule has 0 unspecified atom stereocenters. The molecular weight excluding hydrogens is 374 g/mol. The van der Waals surface area contributed by atoms with E-state index >= 15 is 0 Å². The lowest BCUT2D eigenvalue weighted by Crippen LogP contribution is -2.15. The number of nitro benzene ring substituents is 1. The Kier molecular flexibility index (Phi) is 6.89. The van der Waals surface area contributed by atoms with Crippen LogP contribution in [0.5, 0.6) is 11.5 Å².